The van der Waals surface area contributed by atoms with Crippen molar-refractivity contribution < 1.29 is 21.9 Å². The number of rotatable bonds is 4. The highest BCUT2D eigenvalue weighted by Gasteiger charge is 2.21. The van der Waals surface area contributed by atoms with Gasteiger partial charge in [-0.25, -0.2) is 17.2 Å². The zero-order valence-electron chi connectivity index (χ0n) is 10.7. The van der Waals surface area contributed by atoms with Gasteiger partial charge < -0.3 is 4.74 Å². The lowest BCUT2D eigenvalue weighted by atomic mass is 10.3. The Balaban J connectivity index is 2.40. The van der Waals surface area contributed by atoms with E-state index in [4.69, 9.17) is 16.3 Å². The minimum atomic E-state index is -4.30. The monoisotopic (exact) mass is 333 g/mol. The smallest absolute Gasteiger partial charge is 0.264 e. The summed E-state index contributed by atoms with van der Waals surface area (Å²) in [7, 11) is -2.87. The van der Waals surface area contributed by atoms with Crippen molar-refractivity contribution >= 4 is 27.3 Å². The SMILES string of the molecule is COc1ccc(NS(=O)(=O)c2cc(F)ccc2F)c(Cl)c1. The lowest BCUT2D eigenvalue weighted by Crippen LogP contribution is -2.15. The van der Waals surface area contributed by atoms with E-state index >= 15 is 0 Å². The average molecular weight is 334 g/mol. The molecule has 2 aromatic rings. The van der Waals surface area contributed by atoms with Gasteiger partial charge in [0.15, 0.2) is 0 Å². The highest BCUT2D eigenvalue weighted by atomic mass is 35.5. The first-order valence-corrected chi connectivity index (χ1v) is 7.51. The first-order valence-electron chi connectivity index (χ1n) is 5.65. The zero-order valence-corrected chi connectivity index (χ0v) is 12.3. The number of hydrogen-bond donors (Lipinski definition) is 1. The minimum Gasteiger partial charge on any atom is -0.497 e. The van der Waals surface area contributed by atoms with E-state index in [0.29, 0.717) is 11.8 Å². The van der Waals surface area contributed by atoms with Crippen LogP contribution in [0.1, 0.15) is 0 Å². The molecule has 0 spiro atoms. The third-order valence-corrected chi connectivity index (χ3v) is 4.30. The van der Waals surface area contributed by atoms with Crippen molar-refractivity contribution in [2.24, 2.45) is 0 Å². The summed E-state index contributed by atoms with van der Waals surface area (Å²) in [5.41, 5.74) is 0.0288. The molecule has 0 saturated heterocycles. The van der Waals surface area contributed by atoms with Gasteiger partial charge in [-0.3, -0.25) is 4.72 Å². The topological polar surface area (TPSA) is 55.4 Å². The molecule has 0 radical (unpaired) electrons. The van der Waals surface area contributed by atoms with Crippen LogP contribution in [0.2, 0.25) is 5.02 Å². The van der Waals surface area contributed by atoms with Gasteiger partial charge in [-0.05, 0) is 30.3 Å². The summed E-state index contributed by atoms with van der Waals surface area (Å²) >= 11 is 5.90. The number of halogens is 3. The third-order valence-electron chi connectivity index (χ3n) is 2.60. The highest BCUT2D eigenvalue weighted by molar-refractivity contribution is 7.92. The van der Waals surface area contributed by atoms with E-state index in [0.717, 1.165) is 12.1 Å². The molecule has 8 heteroatoms. The summed E-state index contributed by atoms with van der Waals surface area (Å²) < 4.78 is 57.8. The number of anilines is 1. The molecule has 0 atom stereocenters. The summed E-state index contributed by atoms with van der Waals surface area (Å²) in [4.78, 5) is -0.797. The van der Waals surface area contributed by atoms with E-state index in [1.54, 1.807) is 0 Å². The molecular formula is C13H10ClF2NO3S. The molecule has 21 heavy (non-hydrogen) atoms. The van der Waals surface area contributed by atoms with E-state index in [-0.39, 0.29) is 10.7 Å². The van der Waals surface area contributed by atoms with Gasteiger partial charge in [0, 0.05) is 6.07 Å². The van der Waals surface area contributed by atoms with Gasteiger partial charge >= 0.3 is 0 Å². The van der Waals surface area contributed by atoms with Crippen LogP contribution < -0.4 is 9.46 Å². The van der Waals surface area contributed by atoms with Gasteiger partial charge in [-0.2, -0.15) is 0 Å². The van der Waals surface area contributed by atoms with Crippen LogP contribution in [0.25, 0.3) is 0 Å². The molecule has 0 amide bonds. The molecule has 0 aromatic heterocycles. The Bertz CT molecular complexity index is 781. The van der Waals surface area contributed by atoms with Crippen LogP contribution >= 0.6 is 11.6 Å². The summed E-state index contributed by atoms with van der Waals surface area (Å²) in [5.74, 6) is -1.49. The number of nitrogens with one attached hydrogen (secondary N) is 1. The average Bonchev–Trinajstić information content (AvgIpc) is 2.43. The maximum atomic E-state index is 13.5. The van der Waals surface area contributed by atoms with Crippen molar-refractivity contribution in [3.63, 3.8) is 0 Å². The summed E-state index contributed by atoms with van der Waals surface area (Å²) in [5, 5.41) is 0.0646. The first-order chi connectivity index (χ1) is 9.83. The Morgan fingerprint density at radius 3 is 2.48 bits per heavy atom. The summed E-state index contributed by atoms with van der Waals surface area (Å²) in [6.07, 6.45) is 0. The standard InChI is InChI=1S/C13H10ClF2NO3S/c1-20-9-3-5-12(10(14)7-9)17-21(18,19)13-6-8(15)2-4-11(13)16/h2-7,17H,1H3. The van der Waals surface area contributed by atoms with E-state index in [1.807, 2.05) is 0 Å². The predicted molar refractivity (Wildman–Crippen MR) is 75.2 cm³/mol. The molecule has 112 valence electrons. The second-order valence-corrected chi connectivity index (χ2v) is 6.08. The third kappa shape index (κ3) is 3.43. The second-order valence-electron chi connectivity index (χ2n) is 4.03. The Hall–Kier alpha value is -1.86. The second kappa shape index (κ2) is 5.87. The maximum absolute atomic E-state index is 13.5. The fourth-order valence-electron chi connectivity index (χ4n) is 1.59. The van der Waals surface area contributed by atoms with E-state index in [1.165, 1.54) is 25.3 Å². The van der Waals surface area contributed by atoms with Crippen molar-refractivity contribution in [3.8, 4) is 5.75 Å². The lowest BCUT2D eigenvalue weighted by Gasteiger charge is -2.11. The molecule has 0 aliphatic carbocycles. The first kappa shape index (κ1) is 15.5. The Morgan fingerprint density at radius 2 is 1.86 bits per heavy atom. The molecule has 0 heterocycles. The molecule has 0 saturated carbocycles. The summed E-state index contributed by atoms with van der Waals surface area (Å²) in [6, 6.07) is 6.38. The molecule has 2 rings (SSSR count). The fraction of sp³-hybridized carbons (Fsp3) is 0.0769. The largest absolute Gasteiger partial charge is 0.497 e. The zero-order chi connectivity index (χ0) is 15.6. The van der Waals surface area contributed by atoms with Crippen molar-refractivity contribution in [1.29, 1.82) is 0 Å². The van der Waals surface area contributed by atoms with Gasteiger partial charge in [0.05, 0.1) is 17.8 Å². The van der Waals surface area contributed by atoms with Crippen LogP contribution in [0, 0.1) is 11.6 Å². The highest BCUT2D eigenvalue weighted by Crippen LogP contribution is 2.29. The predicted octanol–water partition coefficient (Wildman–Crippen LogP) is 3.43. The van der Waals surface area contributed by atoms with Gasteiger partial charge in [-0.15, -0.1) is 0 Å². The molecule has 0 aliphatic heterocycles. The van der Waals surface area contributed by atoms with Gasteiger partial charge in [0.1, 0.15) is 22.3 Å². The van der Waals surface area contributed by atoms with Gasteiger partial charge in [-0.1, -0.05) is 11.6 Å². The number of hydrogen-bond acceptors (Lipinski definition) is 3. The van der Waals surface area contributed by atoms with Crippen LogP contribution in [0.15, 0.2) is 41.3 Å². The van der Waals surface area contributed by atoms with E-state index < -0.39 is 26.6 Å². The molecular weight excluding hydrogens is 324 g/mol. The Labute approximate surface area is 125 Å². The number of methoxy groups -OCH3 is 1. The Morgan fingerprint density at radius 1 is 1.14 bits per heavy atom. The molecule has 0 fully saturated rings. The molecule has 0 unspecified atom stereocenters. The van der Waals surface area contributed by atoms with Crippen LogP contribution in [-0.4, -0.2) is 15.5 Å². The van der Waals surface area contributed by atoms with Crippen molar-refractivity contribution in [2.45, 2.75) is 4.90 Å². The minimum absolute atomic E-state index is 0.0288. The van der Waals surface area contributed by atoms with Crippen LogP contribution in [0.3, 0.4) is 0 Å². The van der Waals surface area contributed by atoms with Crippen molar-refractivity contribution in [2.75, 3.05) is 11.8 Å². The van der Waals surface area contributed by atoms with Crippen LogP contribution in [-0.2, 0) is 10.0 Å². The van der Waals surface area contributed by atoms with Crippen molar-refractivity contribution in [1.82, 2.24) is 0 Å². The maximum Gasteiger partial charge on any atom is 0.264 e. The van der Waals surface area contributed by atoms with Gasteiger partial charge in [0.25, 0.3) is 10.0 Å². The molecule has 0 aliphatic rings. The Kier molecular flexibility index (Phi) is 4.34. The molecule has 1 N–H and O–H groups in total. The van der Waals surface area contributed by atoms with Gasteiger partial charge in [0.2, 0.25) is 0 Å². The lowest BCUT2D eigenvalue weighted by molar-refractivity contribution is 0.415. The number of benzene rings is 2. The molecule has 4 nitrogen and oxygen atoms in total. The van der Waals surface area contributed by atoms with E-state index in [9.17, 15) is 17.2 Å². The quantitative estimate of drug-likeness (QED) is 0.932. The van der Waals surface area contributed by atoms with Crippen molar-refractivity contribution in [3.05, 3.63) is 53.1 Å². The number of ether oxygens (including phenoxy) is 1. The molecule has 2 aromatic carbocycles. The van der Waals surface area contributed by atoms with Crippen LogP contribution in [0.4, 0.5) is 14.5 Å². The fourth-order valence-corrected chi connectivity index (χ4v) is 3.03. The van der Waals surface area contributed by atoms with Crippen LogP contribution in [0.5, 0.6) is 5.75 Å². The van der Waals surface area contributed by atoms with E-state index in [2.05, 4.69) is 4.72 Å². The summed E-state index contributed by atoms with van der Waals surface area (Å²) in [6.45, 7) is 0. The normalized spacial score (nSPS) is 11.2. The molecule has 0 bridgehead atoms. The number of sulfonamides is 1.